The van der Waals surface area contributed by atoms with Gasteiger partial charge in [-0.05, 0) is 23.1 Å². The van der Waals surface area contributed by atoms with Crippen LogP contribution in [0.5, 0.6) is 0 Å². The molecule has 0 spiro atoms. The zero-order valence-electron chi connectivity index (χ0n) is 13.9. The highest BCUT2D eigenvalue weighted by Crippen LogP contribution is 2.43. The molecule has 2 heterocycles. The Balaban J connectivity index is 0.00000261. The first-order valence-electron chi connectivity index (χ1n) is 7.55. The van der Waals surface area contributed by atoms with Crippen LogP contribution >= 0.6 is 35.9 Å². The summed E-state index contributed by atoms with van der Waals surface area (Å²) in [6.45, 7) is 3.59. The molecule has 3 rings (SSSR count). The average Bonchev–Trinajstić information content (AvgIpc) is 2.65. The SMILES string of the molecule is C=CSC1=C(C(=O)OCc2ccc([N+](=O)[O-])cc2)N2C(=O)C(N)[C@H]2SC1.Cl. The number of nitrogens with two attached hydrogens (primary N) is 1. The molecule has 11 heteroatoms. The Hall–Kier alpha value is -2.01. The van der Waals surface area contributed by atoms with Crippen LogP contribution in [0.2, 0.25) is 0 Å². The van der Waals surface area contributed by atoms with Crippen LogP contribution in [0.1, 0.15) is 5.56 Å². The van der Waals surface area contributed by atoms with Gasteiger partial charge in [-0.25, -0.2) is 4.79 Å². The second-order valence-electron chi connectivity index (χ2n) is 5.49. The number of hydrogen-bond donors (Lipinski definition) is 1. The number of fused-ring (bicyclic) bond motifs is 1. The number of ether oxygens (including phenoxy) is 1. The fourth-order valence-electron chi connectivity index (χ4n) is 2.60. The molecule has 0 saturated carbocycles. The summed E-state index contributed by atoms with van der Waals surface area (Å²) in [5.41, 5.74) is 6.56. The van der Waals surface area contributed by atoms with E-state index in [9.17, 15) is 19.7 Å². The Labute approximate surface area is 169 Å². The van der Waals surface area contributed by atoms with Crippen molar-refractivity contribution < 1.29 is 19.2 Å². The van der Waals surface area contributed by atoms with Gasteiger partial charge < -0.3 is 10.5 Å². The molecule has 8 nitrogen and oxygen atoms in total. The highest BCUT2D eigenvalue weighted by molar-refractivity contribution is 8.08. The summed E-state index contributed by atoms with van der Waals surface area (Å²) in [5.74, 6) is -0.397. The van der Waals surface area contributed by atoms with Crippen LogP contribution in [0, 0.1) is 10.1 Å². The monoisotopic (exact) mass is 429 g/mol. The predicted molar refractivity (Wildman–Crippen MR) is 106 cm³/mol. The molecule has 2 aliphatic heterocycles. The quantitative estimate of drug-likeness (QED) is 0.317. The van der Waals surface area contributed by atoms with Crippen LogP contribution in [0.3, 0.4) is 0 Å². The smallest absolute Gasteiger partial charge is 0.356 e. The summed E-state index contributed by atoms with van der Waals surface area (Å²) in [6.07, 6.45) is 0. The van der Waals surface area contributed by atoms with Crippen LogP contribution in [-0.4, -0.2) is 38.9 Å². The van der Waals surface area contributed by atoms with E-state index in [2.05, 4.69) is 6.58 Å². The number of carbonyl (C=O) groups excluding carboxylic acids is 2. The van der Waals surface area contributed by atoms with Crippen molar-refractivity contribution in [1.29, 1.82) is 0 Å². The summed E-state index contributed by atoms with van der Waals surface area (Å²) in [7, 11) is 0. The van der Waals surface area contributed by atoms with Crippen molar-refractivity contribution in [3.05, 3.63) is 62.5 Å². The van der Waals surface area contributed by atoms with E-state index < -0.39 is 16.9 Å². The number of halogens is 1. The highest BCUT2D eigenvalue weighted by Gasteiger charge is 2.52. The van der Waals surface area contributed by atoms with Gasteiger partial charge in [0.05, 0.1) is 4.92 Å². The number of rotatable bonds is 6. The molecule has 0 aromatic heterocycles. The zero-order valence-corrected chi connectivity index (χ0v) is 16.4. The number of thioether (sulfide) groups is 2. The third-order valence-electron chi connectivity index (χ3n) is 3.91. The molecule has 1 aromatic carbocycles. The first-order chi connectivity index (χ1) is 12.4. The number of β-lactam (4-membered cyclic amide) rings is 1. The van der Waals surface area contributed by atoms with Crippen LogP contribution < -0.4 is 5.73 Å². The molecule has 0 bridgehead atoms. The van der Waals surface area contributed by atoms with Crippen molar-refractivity contribution >= 4 is 53.5 Å². The Morgan fingerprint density at radius 1 is 1.48 bits per heavy atom. The zero-order chi connectivity index (χ0) is 18.8. The van der Waals surface area contributed by atoms with Crippen LogP contribution in [0.15, 0.2) is 46.9 Å². The summed E-state index contributed by atoms with van der Waals surface area (Å²) in [4.78, 5) is 36.9. The Bertz CT molecular complexity index is 815. The molecule has 0 radical (unpaired) electrons. The van der Waals surface area contributed by atoms with E-state index in [1.165, 1.54) is 52.7 Å². The van der Waals surface area contributed by atoms with Gasteiger partial charge in [0, 0.05) is 22.8 Å². The number of hydrogen-bond acceptors (Lipinski definition) is 8. The first kappa shape index (κ1) is 21.3. The van der Waals surface area contributed by atoms with Gasteiger partial charge in [0.15, 0.2) is 0 Å². The number of nitro groups is 1. The van der Waals surface area contributed by atoms with E-state index in [0.717, 1.165) is 0 Å². The lowest BCUT2D eigenvalue weighted by molar-refractivity contribution is -0.384. The minimum atomic E-state index is -0.627. The lowest BCUT2D eigenvalue weighted by Crippen LogP contribution is -2.68. The standard InChI is InChI=1S/C16H15N3O5S2.ClH/c1-2-25-11-8-26-15-12(17)14(20)18(15)13(11)16(21)24-7-9-3-5-10(6-4-9)19(22)23;/h2-6,12,15H,1,7-8,17H2;1H/t12?,15-;/m1./s1. The second kappa shape index (κ2) is 8.79. The fraction of sp³-hybridized carbons (Fsp3) is 0.250. The van der Waals surface area contributed by atoms with Crippen molar-refractivity contribution in [2.24, 2.45) is 5.73 Å². The number of amides is 1. The number of nitrogens with zero attached hydrogens (tertiary/aromatic N) is 2. The fourth-order valence-corrected chi connectivity index (χ4v) is 4.71. The summed E-state index contributed by atoms with van der Waals surface area (Å²) in [5, 5.41) is 12.0. The average molecular weight is 430 g/mol. The predicted octanol–water partition coefficient (Wildman–Crippen LogP) is 2.39. The van der Waals surface area contributed by atoms with Gasteiger partial charge >= 0.3 is 5.97 Å². The number of esters is 1. The third-order valence-corrected chi connectivity index (χ3v) is 6.18. The van der Waals surface area contributed by atoms with Crippen LogP contribution in [0.25, 0.3) is 0 Å². The molecule has 1 amide bonds. The van der Waals surface area contributed by atoms with Crippen molar-refractivity contribution in [2.75, 3.05) is 5.75 Å². The van der Waals surface area contributed by atoms with Gasteiger partial charge in [-0.15, -0.1) is 24.2 Å². The summed E-state index contributed by atoms with van der Waals surface area (Å²) < 4.78 is 5.32. The van der Waals surface area contributed by atoms with Gasteiger partial charge in [0.2, 0.25) is 5.91 Å². The van der Waals surface area contributed by atoms with Crippen molar-refractivity contribution in [1.82, 2.24) is 4.90 Å². The van der Waals surface area contributed by atoms with E-state index in [-0.39, 0.29) is 41.7 Å². The largest absolute Gasteiger partial charge is 0.456 e. The van der Waals surface area contributed by atoms with E-state index in [1.807, 2.05) is 0 Å². The Morgan fingerprint density at radius 3 is 2.74 bits per heavy atom. The maximum atomic E-state index is 12.6. The van der Waals surface area contributed by atoms with Gasteiger partial charge in [-0.3, -0.25) is 19.8 Å². The molecule has 1 unspecified atom stereocenters. The minimum absolute atomic E-state index is 0. The maximum Gasteiger partial charge on any atom is 0.356 e. The van der Waals surface area contributed by atoms with Gasteiger partial charge in [0.1, 0.15) is 23.7 Å². The number of carbonyl (C=O) groups is 2. The van der Waals surface area contributed by atoms with Crippen molar-refractivity contribution in [3.8, 4) is 0 Å². The molecular formula is C16H16ClN3O5S2. The Morgan fingerprint density at radius 2 is 2.15 bits per heavy atom. The van der Waals surface area contributed by atoms with Gasteiger partial charge in [-0.1, -0.05) is 18.3 Å². The van der Waals surface area contributed by atoms with E-state index in [1.54, 1.807) is 5.41 Å². The molecule has 1 saturated heterocycles. The number of benzene rings is 1. The molecule has 2 aliphatic rings. The topological polar surface area (TPSA) is 116 Å². The molecule has 2 N–H and O–H groups in total. The number of non-ortho nitro benzene ring substituents is 1. The van der Waals surface area contributed by atoms with Gasteiger partial charge in [-0.2, -0.15) is 0 Å². The molecular weight excluding hydrogens is 414 g/mol. The molecule has 27 heavy (non-hydrogen) atoms. The second-order valence-corrected chi connectivity index (χ2v) is 7.66. The first-order valence-corrected chi connectivity index (χ1v) is 9.48. The van der Waals surface area contributed by atoms with E-state index >= 15 is 0 Å². The molecule has 1 aromatic rings. The Kier molecular flexibility index (Phi) is 6.93. The summed E-state index contributed by atoms with van der Waals surface area (Å²) >= 11 is 2.77. The van der Waals surface area contributed by atoms with Crippen molar-refractivity contribution in [2.45, 2.75) is 18.0 Å². The van der Waals surface area contributed by atoms with E-state index in [0.29, 0.717) is 16.2 Å². The maximum absolute atomic E-state index is 12.6. The lowest BCUT2D eigenvalue weighted by atomic mass is 10.1. The molecule has 144 valence electrons. The normalized spacial score (nSPS) is 20.9. The highest BCUT2D eigenvalue weighted by atomic mass is 35.5. The molecule has 0 aliphatic carbocycles. The van der Waals surface area contributed by atoms with Crippen LogP contribution in [0.4, 0.5) is 5.69 Å². The number of nitro benzene ring substituents is 1. The van der Waals surface area contributed by atoms with Gasteiger partial charge in [0.25, 0.3) is 5.69 Å². The lowest BCUT2D eigenvalue weighted by Gasteiger charge is -2.48. The van der Waals surface area contributed by atoms with Crippen molar-refractivity contribution in [3.63, 3.8) is 0 Å². The minimum Gasteiger partial charge on any atom is -0.456 e. The van der Waals surface area contributed by atoms with Crippen LogP contribution in [-0.2, 0) is 20.9 Å². The molecule has 1 fully saturated rings. The third kappa shape index (κ3) is 4.13. The summed E-state index contributed by atoms with van der Waals surface area (Å²) in [6, 6.07) is 5.10. The van der Waals surface area contributed by atoms with E-state index in [4.69, 9.17) is 10.5 Å². The molecule has 2 atom stereocenters.